The molecule has 0 aliphatic rings. The fourth-order valence-electron chi connectivity index (χ4n) is 0.990. The Balaban J connectivity index is 0.000000461. The van der Waals surface area contributed by atoms with E-state index in [2.05, 4.69) is 9.97 Å². The van der Waals surface area contributed by atoms with Gasteiger partial charge in [0.25, 0.3) is 11.6 Å². The Morgan fingerprint density at radius 1 is 1.50 bits per heavy atom. The summed E-state index contributed by atoms with van der Waals surface area (Å²) < 4.78 is 14.0. The fourth-order valence-corrected chi connectivity index (χ4v) is 0.990. The summed E-state index contributed by atoms with van der Waals surface area (Å²) in [6, 6.07) is 0. The average molecular weight is 198 g/mol. The molecule has 0 aromatic carbocycles. The largest absolute Gasteiger partial charge is 0.318 e. The first-order valence-electron chi connectivity index (χ1n) is 4.25. The topological polar surface area (TPSA) is 63.6 Å². The van der Waals surface area contributed by atoms with Crippen molar-refractivity contribution in [2.45, 2.75) is 13.8 Å². The molecule has 0 amide bonds. The van der Waals surface area contributed by atoms with Gasteiger partial charge in [0.2, 0.25) is 0 Å². The highest BCUT2D eigenvalue weighted by Gasteiger charge is 2.06. The summed E-state index contributed by atoms with van der Waals surface area (Å²) in [6.07, 6.45) is 0.517. The van der Waals surface area contributed by atoms with E-state index in [4.69, 9.17) is 0 Å². The van der Waals surface area contributed by atoms with Crippen molar-refractivity contribution >= 4 is 11.2 Å². The number of rotatable bonds is 0. The van der Waals surface area contributed by atoms with Crippen molar-refractivity contribution in [1.29, 1.82) is 0 Å². The number of hydrogen-bond acceptors (Lipinski definition) is 3. The first-order valence-corrected chi connectivity index (χ1v) is 4.25. The molecule has 0 unspecified atom stereocenters. The lowest BCUT2D eigenvalue weighted by molar-refractivity contribution is 0.538. The zero-order chi connectivity index (χ0) is 10.7. The number of fused-ring (bicyclic) bond motifs is 1. The van der Waals surface area contributed by atoms with E-state index < -0.39 is 11.6 Å². The molecule has 0 saturated carbocycles. The summed E-state index contributed by atoms with van der Waals surface area (Å²) in [4.78, 5) is 20.1. The third kappa shape index (κ3) is 1.63. The SMILES string of the molecule is CC.Cn1cnc2c(=O)[nH]c(F)nc21. The molecule has 2 aromatic rings. The Bertz CT molecular complexity index is 488. The van der Waals surface area contributed by atoms with E-state index >= 15 is 0 Å². The predicted molar refractivity (Wildman–Crippen MR) is 50.4 cm³/mol. The highest BCUT2D eigenvalue weighted by atomic mass is 19.1. The number of imidazole rings is 1. The van der Waals surface area contributed by atoms with Crippen molar-refractivity contribution in [3.05, 3.63) is 22.8 Å². The van der Waals surface area contributed by atoms with Gasteiger partial charge in [-0.2, -0.15) is 9.37 Å². The molecule has 0 radical (unpaired) electrons. The maximum atomic E-state index is 12.5. The van der Waals surface area contributed by atoms with Crippen LogP contribution in [0.15, 0.2) is 11.1 Å². The molecule has 0 aliphatic heterocycles. The van der Waals surface area contributed by atoms with Gasteiger partial charge in [-0.1, -0.05) is 13.8 Å². The first kappa shape index (κ1) is 10.4. The Labute approximate surface area is 79.6 Å². The second kappa shape index (κ2) is 3.99. The van der Waals surface area contributed by atoms with Crippen LogP contribution in [-0.4, -0.2) is 19.5 Å². The summed E-state index contributed by atoms with van der Waals surface area (Å²) in [7, 11) is 1.64. The quantitative estimate of drug-likeness (QED) is 0.637. The summed E-state index contributed by atoms with van der Waals surface area (Å²) in [6.45, 7) is 4.00. The van der Waals surface area contributed by atoms with Crippen LogP contribution in [0.5, 0.6) is 0 Å². The Morgan fingerprint density at radius 2 is 2.14 bits per heavy atom. The van der Waals surface area contributed by atoms with Gasteiger partial charge < -0.3 is 4.57 Å². The van der Waals surface area contributed by atoms with E-state index in [1.165, 1.54) is 10.9 Å². The third-order valence-electron chi connectivity index (χ3n) is 1.54. The van der Waals surface area contributed by atoms with Crippen molar-refractivity contribution in [2.75, 3.05) is 0 Å². The van der Waals surface area contributed by atoms with Crippen LogP contribution >= 0.6 is 0 Å². The van der Waals surface area contributed by atoms with E-state index in [0.29, 0.717) is 0 Å². The molecule has 0 spiro atoms. The number of aromatic amines is 1. The normalized spacial score (nSPS) is 9.71. The molecular weight excluding hydrogens is 187 g/mol. The van der Waals surface area contributed by atoms with Crippen LogP contribution in [0.4, 0.5) is 4.39 Å². The lowest BCUT2D eigenvalue weighted by atomic mass is 10.5. The fraction of sp³-hybridized carbons (Fsp3) is 0.375. The lowest BCUT2D eigenvalue weighted by Gasteiger charge is -1.91. The van der Waals surface area contributed by atoms with E-state index in [9.17, 15) is 9.18 Å². The molecule has 14 heavy (non-hydrogen) atoms. The van der Waals surface area contributed by atoms with Gasteiger partial charge in [-0.25, -0.2) is 4.98 Å². The van der Waals surface area contributed by atoms with Gasteiger partial charge in [0.15, 0.2) is 11.2 Å². The number of aryl methyl sites for hydroxylation is 1. The Morgan fingerprint density at radius 3 is 2.79 bits per heavy atom. The molecule has 0 atom stereocenters. The number of halogens is 1. The molecule has 0 fully saturated rings. The van der Waals surface area contributed by atoms with E-state index in [1.807, 2.05) is 18.8 Å². The number of nitrogens with one attached hydrogen (secondary N) is 1. The zero-order valence-electron chi connectivity index (χ0n) is 8.21. The van der Waals surface area contributed by atoms with Crippen LogP contribution in [0, 0.1) is 6.08 Å². The summed E-state index contributed by atoms with van der Waals surface area (Å²) in [5, 5.41) is 0. The van der Waals surface area contributed by atoms with Gasteiger partial charge >= 0.3 is 0 Å². The molecule has 5 nitrogen and oxygen atoms in total. The van der Waals surface area contributed by atoms with Gasteiger partial charge in [-0.3, -0.25) is 9.78 Å². The molecule has 0 saturated heterocycles. The smallest absolute Gasteiger partial charge is 0.291 e. The molecule has 0 bridgehead atoms. The maximum absolute atomic E-state index is 12.5. The summed E-state index contributed by atoms with van der Waals surface area (Å²) in [5.41, 5.74) is -0.159. The monoisotopic (exact) mass is 198 g/mol. The van der Waals surface area contributed by atoms with Crippen LogP contribution in [0.1, 0.15) is 13.8 Å². The van der Waals surface area contributed by atoms with Crippen molar-refractivity contribution in [3.63, 3.8) is 0 Å². The molecule has 6 heteroatoms. The van der Waals surface area contributed by atoms with Crippen LogP contribution in [-0.2, 0) is 7.05 Å². The van der Waals surface area contributed by atoms with Gasteiger partial charge in [0.05, 0.1) is 6.33 Å². The third-order valence-corrected chi connectivity index (χ3v) is 1.54. The molecule has 2 aromatic heterocycles. The molecule has 76 valence electrons. The first-order chi connectivity index (χ1) is 6.68. The van der Waals surface area contributed by atoms with Gasteiger partial charge in [0.1, 0.15) is 0 Å². The molecule has 2 heterocycles. The Hall–Kier alpha value is -1.72. The minimum absolute atomic E-state index is 0.152. The summed E-state index contributed by atoms with van der Waals surface area (Å²) in [5.74, 6) is 0. The zero-order valence-corrected chi connectivity index (χ0v) is 8.21. The second-order valence-electron chi connectivity index (χ2n) is 2.38. The number of H-pyrrole nitrogens is 1. The lowest BCUT2D eigenvalue weighted by Crippen LogP contribution is -2.10. The van der Waals surface area contributed by atoms with Gasteiger partial charge in [0, 0.05) is 7.05 Å². The van der Waals surface area contributed by atoms with Crippen molar-refractivity contribution in [3.8, 4) is 0 Å². The standard InChI is InChI=1S/C6H5FN4O.C2H6/c1-11-2-8-3-4(11)9-6(7)10-5(3)12;1-2/h2H,1H3,(H,9,10,12);1-2H3. The molecular formula is C8H11FN4O. The van der Waals surface area contributed by atoms with Crippen molar-refractivity contribution < 1.29 is 4.39 Å². The number of hydrogen-bond donors (Lipinski definition) is 1. The van der Waals surface area contributed by atoms with E-state index in [1.54, 1.807) is 7.05 Å². The van der Waals surface area contributed by atoms with E-state index in [0.717, 1.165) is 0 Å². The second-order valence-corrected chi connectivity index (χ2v) is 2.38. The minimum atomic E-state index is -0.892. The predicted octanol–water partition coefficient (Wildman–Crippen LogP) is 0.822. The van der Waals surface area contributed by atoms with Gasteiger partial charge in [-0.15, -0.1) is 0 Å². The summed E-state index contributed by atoms with van der Waals surface area (Å²) >= 11 is 0. The number of aromatic nitrogens is 4. The Kier molecular flexibility index (Phi) is 2.95. The molecule has 1 N–H and O–H groups in total. The van der Waals surface area contributed by atoms with Crippen molar-refractivity contribution in [1.82, 2.24) is 19.5 Å². The van der Waals surface area contributed by atoms with Crippen molar-refractivity contribution in [2.24, 2.45) is 7.05 Å². The minimum Gasteiger partial charge on any atom is -0.318 e. The van der Waals surface area contributed by atoms with Crippen LogP contribution < -0.4 is 5.56 Å². The van der Waals surface area contributed by atoms with Crippen LogP contribution in [0.3, 0.4) is 0 Å². The average Bonchev–Trinajstić information content (AvgIpc) is 2.52. The molecule has 0 aliphatic carbocycles. The van der Waals surface area contributed by atoms with Gasteiger partial charge in [-0.05, 0) is 0 Å². The van der Waals surface area contributed by atoms with Crippen LogP contribution in [0.25, 0.3) is 11.2 Å². The van der Waals surface area contributed by atoms with Crippen LogP contribution in [0.2, 0.25) is 0 Å². The maximum Gasteiger partial charge on any atom is 0.291 e. The highest BCUT2D eigenvalue weighted by Crippen LogP contribution is 2.01. The van der Waals surface area contributed by atoms with E-state index in [-0.39, 0.29) is 11.2 Å². The highest BCUT2D eigenvalue weighted by molar-refractivity contribution is 5.68. The number of nitrogens with zero attached hydrogens (tertiary/aromatic N) is 3. The molecule has 2 rings (SSSR count).